The predicted molar refractivity (Wildman–Crippen MR) is 90.6 cm³/mol. The minimum Gasteiger partial charge on any atom is -0.399 e. The van der Waals surface area contributed by atoms with Crippen LogP contribution >= 0.6 is 39.1 Å². The maximum Gasteiger partial charge on any atom is 0.264 e. The third-order valence-corrected chi connectivity index (χ3v) is 5.89. The van der Waals surface area contributed by atoms with Crippen molar-refractivity contribution in [3.63, 3.8) is 0 Å². The van der Waals surface area contributed by atoms with Gasteiger partial charge in [-0.15, -0.1) is 0 Å². The summed E-state index contributed by atoms with van der Waals surface area (Å²) in [7, 11) is -3.91. The summed E-state index contributed by atoms with van der Waals surface area (Å²) < 4.78 is 28.2. The Kier molecular flexibility index (Phi) is 4.72. The lowest BCUT2D eigenvalue weighted by Gasteiger charge is -2.12. The van der Waals surface area contributed by atoms with Gasteiger partial charge in [-0.1, -0.05) is 39.1 Å². The van der Waals surface area contributed by atoms with Crippen LogP contribution in [0.4, 0.5) is 11.4 Å². The summed E-state index contributed by atoms with van der Waals surface area (Å²) in [4.78, 5) is -0.194. The van der Waals surface area contributed by atoms with Gasteiger partial charge in [0.2, 0.25) is 0 Å². The van der Waals surface area contributed by atoms with Crippen LogP contribution in [0.1, 0.15) is 5.56 Å². The van der Waals surface area contributed by atoms with Gasteiger partial charge in [-0.2, -0.15) is 0 Å². The van der Waals surface area contributed by atoms with E-state index in [-0.39, 0.29) is 14.9 Å². The second-order valence-electron chi connectivity index (χ2n) is 4.38. The molecule has 4 nitrogen and oxygen atoms in total. The molecule has 8 heteroatoms. The fourth-order valence-electron chi connectivity index (χ4n) is 1.75. The van der Waals surface area contributed by atoms with Crippen molar-refractivity contribution in [2.24, 2.45) is 0 Å². The van der Waals surface area contributed by atoms with Gasteiger partial charge in [0.15, 0.2) is 0 Å². The molecule has 3 N–H and O–H groups in total. The Morgan fingerprint density at radius 3 is 2.24 bits per heavy atom. The number of nitrogens with two attached hydrogens (primary N) is 1. The molecule has 0 aliphatic heterocycles. The van der Waals surface area contributed by atoms with Crippen LogP contribution in [0.25, 0.3) is 0 Å². The summed E-state index contributed by atoms with van der Waals surface area (Å²) >= 11 is 15.3. The Morgan fingerprint density at radius 2 is 1.71 bits per heavy atom. The van der Waals surface area contributed by atoms with Crippen molar-refractivity contribution in [1.82, 2.24) is 0 Å². The van der Waals surface area contributed by atoms with E-state index in [1.807, 2.05) is 6.92 Å². The number of nitrogens with one attached hydrogen (secondary N) is 1. The van der Waals surface area contributed by atoms with Gasteiger partial charge in [-0.25, -0.2) is 8.42 Å². The summed E-state index contributed by atoms with van der Waals surface area (Å²) in [5, 5.41) is -0.0531. The van der Waals surface area contributed by atoms with Gasteiger partial charge in [-0.05, 0) is 42.8 Å². The zero-order chi connectivity index (χ0) is 15.8. The predicted octanol–water partition coefficient (Wildman–Crippen LogP) is 4.45. The standard InChI is InChI=1S/C13H11BrCl2N2O2S/c1-7-4-9(2-3-10(7)14)18-21(19,20)13-11(15)5-8(17)6-12(13)16/h2-6,18H,17H2,1H3. The van der Waals surface area contributed by atoms with Gasteiger partial charge in [0.05, 0.1) is 10.0 Å². The number of halogens is 3. The molecule has 0 atom stereocenters. The van der Waals surface area contributed by atoms with E-state index in [9.17, 15) is 8.42 Å². The van der Waals surface area contributed by atoms with Gasteiger partial charge in [0.25, 0.3) is 10.0 Å². The monoisotopic (exact) mass is 408 g/mol. The molecule has 0 saturated carbocycles. The largest absolute Gasteiger partial charge is 0.399 e. The molecule has 0 amide bonds. The zero-order valence-electron chi connectivity index (χ0n) is 10.8. The molecule has 0 aromatic heterocycles. The first-order chi connectivity index (χ1) is 9.70. The fourth-order valence-corrected chi connectivity index (χ4v) is 4.28. The topological polar surface area (TPSA) is 72.2 Å². The van der Waals surface area contributed by atoms with Crippen molar-refractivity contribution in [3.8, 4) is 0 Å². The van der Waals surface area contributed by atoms with Crippen LogP contribution in [0.3, 0.4) is 0 Å². The molecule has 0 spiro atoms. The molecular formula is C13H11BrCl2N2O2S. The van der Waals surface area contributed by atoms with Crippen LogP contribution in [0.15, 0.2) is 39.7 Å². The molecule has 0 fully saturated rings. The van der Waals surface area contributed by atoms with Gasteiger partial charge in [0.1, 0.15) is 4.90 Å². The van der Waals surface area contributed by atoms with E-state index in [0.717, 1.165) is 10.0 Å². The molecule has 0 aliphatic carbocycles. The highest BCUT2D eigenvalue weighted by Gasteiger charge is 2.22. The van der Waals surface area contributed by atoms with E-state index in [1.54, 1.807) is 18.2 Å². The highest BCUT2D eigenvalue weighted by molar-refractivity contribution is 9.10. The Bertz CT molecular complexity index is 787. The van der Waals surface area contributed by atoms with E-state index in [0.29, 0.717) is 11.4 Å². The quantitative estimate of drug-likeness (QED) is 0.735. The molecule has 21 heavy (non-hydrogen) atoms. The number of aryl methyl sites for hydroxylation is 1. The summed E-state index contributed by atoms with van der Waals surface area (Å²) in [5.41, 5.74) is 7.18. The maximum atomic E-state index is 12.4. The van der Waals surface area contributed by atoms with Crippen molar-refractivity contribution < 1.29 is 8.42 Å². The summed E-state index contributed by atoms with van der Waals surface area (Å²) in [6.07, 6.45) is 0. The van der Waals surface area contributed by atoms with Gasteiger partial charge in [-0.3, -0.25) is 4.72 Å². The molecule has 0 aliphatic rings. The van der Waals surface area contributed by atoms with Crippen LogP contribution in [0, 0.1) is 6.92 Å². The molecule has 0 bridgehead atoms. The number of rotatable bonds is 3. The molecule has 2 rings (SSSR count). The first-order valence-electron chi connectivity index (χ1n) is 5.74. The zero-order valence-corrected chi connectivity index (χ0v) is 14.7. The van der Waals surface area contributed by atoms with E-state index >= 15 is 0 Å². The fraction of sp³-hybridized carbons (Fsp3) is 0.0769. The maximum absolute atomic E-state index is 12.4. The van der Waals surface area contributed by atoms with E-state index in [2.05, 4.69) is 20.7 Å². The molecular weight excluding hydrogens is 399 g/mol. The van der Waals surface area contributed by atoms with Crippen molar-refractivity contribution >= 4 is 60.5 Å². The Morgan fingerprint density at radius 1 is 1.14 bits per heavy atom. The van der Waals surface area contributed by atoms with Crippen molar-refractivity contribution in [1.29, 1.82) is 0 Å². The molecule has 0 saturated heterocycles. The van der Waals surface area contributed by atoms with Gasteiger partial charge in [0, 0.05) is 15.8 Å². The minimum absolute atomic E-state index is 0.0265. The number of hydrogen-bond acceptors (Lipinski definition) is 3. The van der Waals surface area contributed by atoms with Gasteiger partial charge >= 0.3 is 0 Å². The molecule has 0 unspecified atom stereocenters. The average Bonchev–Trinajstić information content (AvgIpc) is 2.31. The Balaban J connectivity index is 2.46. The molecule has 0 heterocycles. The van der Waals surface area contributed by atoms with Crippen LogP contribution < -0.4 is 10.5 Å². The van der Waals surface area contributed by atoms with Crippen LogP contribution in [0.5, 0.6) is 0 Å². The van der Waals surface area contributed by atoms with E-state index in [4.69, 9.17) is 28.9 Å². The Labute approximate surface area is 141 Å². The summed E-state index contributed by atoms with van der Waals surface area (Å²) in [6, 6.07) is 7.76. The first kappa shape index (κ1) is 16.4. The normalized spacial score (nSPS) is 11.4. The van der Waals surface area contributed by atoms with Crippen molar-refractivity contribution in [3.05, 3.63) is 50.4 Å². The van der Waals surface area contributed by atoms with Crippen LogP contribution in [0.2, 0.25) is 10.0 Å². The SMILES string of the molecule is Cc1cc(NS(=O)(=O)c2c(Cl)cc(N)cc2Cl)ccc1Br. The number of sulfonamides is 1. The smallest absolute Gasteiger partial charge is 0.264 e. The third kappa shape index (κ3) is 3.63. The second-order valence-corrected chi connectivity index (χ2v) is 7.67. The summed E-state index contributed by atoms with van der Waals surface area (Å²) in [5.74, 6) is 0. The number of hydrogen-bond donors (Lipinski definition) is 2. The summed E-state index contributed by atoms with van der Waals surface area (Å²) in [6.45, 7) is 1.85. The first-order valence-corrected chi connectivity index (χ1v) is 8.77. The molecule has 2 aromatic carbocycles. The van der Waals surface area contributed by atoms with E-state index in [1.165, 1.54) is 12.1 Å². The second kappa shape index (κ2) is 6.04. The lowest BCUT2D eigenvalue weighted by molar-refractivity contribution is 0.601. The number of anilines is 2. The highest BCUT2D eigenvalue weighted by atomic mass is 79.9. The van der Waals surface area contributed by atoms with Crippen molar-refractivity contribution in [2.45, 2.75) is 11.8 Å². The van der Waals surface area contributed by atoms with Crippen LogP contribution in [-0.4, -0.2) is 8.42 Å². The lowest BCUT2D eigenvalue weighted by Crippen LogP contribution is -2.14. The molecule has 2 aromatic rings. The minimum atomic E-state index is -3.91. The highest BCUT2D eigenvalue weighted by Crippen LogP contribution is 2.33. The van der Waals surface area contributed by atoms with Gasteiger partial charge < -0.3 is 5.73 Å². The van der Waals surface area contributed by atoms with Crippen molar-refractivity contribution in [2.75, 3.05) is 10.5 Å². The number of nitrogen functional groups attached to an aromatic ring is 1. The van der Waals surface area contributed by atoms with E-state index < -0.39 is 10.0 Å². The average molecular weight is 410 g/mol. The molecule has 112 valence electrons. The Hall–Kier alpha value is -0.950. The van der Waals surface area contributed by atoms with Crippen LogP contribution in [-0.2, 0) is 10.0 Å². The molecule has 0 radical (unpaired) electrons. The lowest BCUT2D eigenvalue weighted by atomic mass is 10.2. The third-order valence-electron chi connectivity index (χ3n) is 2.70. The number of benzene rings is 2.